The van der Waals surface area contributed by atoms with Gasteiger partial charge in [-0.3, -0.25) is 9.59 Å². The number of benzene rings is 2. The van der Waals surface area contributed by atoms with Gasteiger partial charge in [0.05, 0.1) is 6.54 Å². The summed E-state index contributed by atoms with van der Waals surface area (Å²) in [5, 5.41) is 7.20. The highest BCUT2D eigenvalue weighted by molar-refractivity contribution is 6.03. The normalized spacial score (nSPS) is 10.6. The van der Waals surface area contributed by atoms with Gasteiger partial charge in [0, 0.05) is 11.8 Å². The zero-order chi connectivity index (χ0) is 20.6. The Morgan fingerprint density at radius 3 is 2.31 bits per heavy atom. The number of aromatic nitrogens is 2. The fraction of sp³-hybridized carbons (Fsp3) is 0.261. The molecule has 0 aliphatic rings. The van der Waals surface area contributed by atoms with Gasteiger partial charge in [0.2, 0.25) is 0 Å². The van der Waals surface area contributed by atoms with E-state index in [1.165, 1.54) is 16.8 Å². The lowest BCUT2D eigenvalue weighted by molar-refractivity contribution is 0.101. The summed E-state index contributed by atoms with van der Waals surface area (Å²) in [4.78, 5) is 24.9. The maximum Gasteiger partial charge on any atom is 0.276 e. The third-order valence-corrected chi connectivity index (χ3v) is 4.65. The molecule has 0 unspecified atom stereocenters. The molecule has 0 saturated carbocycles. The highest BCUT2D eigenvalue weighted by Crippen LogP contribution is 2.23. The molecular weight excluding hydrogens is 366 g/mol. The van der Waals surface area contributed by atoms with Crippen LogP contribution < -0.4 is 15.6 Å². The van der Waals surface area contributed by atoms with Gasteiger partial charge >= 0.3 is 0 Å². The smallest absolute Gasteiger partial charge is 0.276 e. The van der Waals surface area contributed by atoms with Crippen LogP contribution in [0.4, 0.5) is 5.69 Å². The summed E-state index contributed by atoms with van der Waals surface area (Å²) in [6.07, 6.45) is 1.63. The van der Waals surface area contributed by atoms with Crippen LogP contribution in [0.2, 0.25) is 0 Å². The molecule has 2 aromatic carbocycles. The van der Waals surface area contributed by atoms with Crippen molar-refractivity contribution in [2.45, 2.75) is 33.2 Å². The Bertz CT molecular complexity index is 1010. The predicted octanol–water partition coefficient (Wildman–Crippen LogP) is 3.70. The van der Waals surface area contributed by atoms with Crippen molar-refractivity contribution in [1.82, 2.24) is 9.78 Å². The summed E-state index contributed by atoms with van der Waals surface area (Å²) in [5.41, 5.74) is 2.89. The molecule has 1 aromatic heterocycles. The molecule has 3 rings (SSSR count). The average molecular weight is 391 g/mol. The first-order chi connectivity index (χ1) is 14.1. The van der Waals surface area contributed by atoms with Crippen LogP contribution >= 0.6 is 0 Å². The number of nitrogens with zero attached hydrogens (tertiary/aromatic N) is 2. The molecule has 0 bridgehead atoms. The molecule has 150 valence electrons. The molecule has 3 aromatic rings. The number of aryl methyl sites for hydroxylation is 2. The molecule has 29 heavy (non-hydrogen) atoms. The molecule has 0 fully saturated rings. The standard InChI is InChI=1S/C23H25N3O3/c1-3-17-9-8-10-18(4-2)22(17)24-23(28)20-13-14-21(27)26(25-20)15-16-29-19-11-6-5-7-12-19/h5-14H,3-4,15-16H2,1-2H3,(H,24,28). The van der Waals surface area contributed by atoms with Gasteiger partial charge in [-0.25, -0.2) is 4.68 Å². The van der Waals surface area contributed by atoms with E-state index < -0.39 is 0 Å². The van der Waals surface area contributed by atoms with Crippen molar-refractivity contribution in [2.24, 2.45) is 0 Å². The molecule has 0 radical (unpaired) electrons. The quantitative estimate of drug-likeness (QED) is 0.635. The minimum Gasteiger partial charge on any atom is -0.492 e. The van der Waals surface area contributed by atoms with E-state index in [-0.39, 0.29) is 30.3 Å². The van der Waals surface area contributed by atoms with Crippen LogP contribution in [-0.2, 0) is 19.4 Å². The van der Waals surface area contributed by atoms with E-state index in [9.17, 15) is 9.59 Å². The number of hydrogen-bond acceptors (Lipinski definition) is 4. The Labute approximate surface area is 170 Å². The number of carbonyl (C=O) groups is 1. The molecule has 1 amide bonds. The van der Waals surface area contributed by atoms with Crippen molar-refractivity contribution in [3.8, 4) is 5.75 Å². The maximum atomic E-state index is 12.8. The van der Waals surface area contributed by atoms with Crippen LogP contribution in [0.3, 0.4) is 0 Å². The average Bonchev–Trinajstić information content (AvgIpc) is 2.75. The lowest BCUT2D eigenvalue weighted by Crippen LogP contribution is -2.28. The Balaban J connectivity index is 1.74. The van der Waals surface area contributed by atoms with E-state index in [0.29, 0.717) is 0 Å². The second-order valence-electron chi connectivity index (χ2n) is 6.55. The summed E-state index contributed by atoms with van der Waals surface area (Å²) in [7, 11) is 0. The Morgan fingerprint density at radius 2 is 1.66 bits per heavy atom. The van der Waals surface area contributed by atoms with E-state index in [1.807, 2.05) is 48.5 Å². The molecular formula is C23H25N3O3. The minimum atomic E-state index is -0.335. The fourth-order valence-corrected chi connectivity index (χ4v) is 3.08. The maximum absolute atomic E-state index is 12.8. The number of ether oxygens (including phenoxy) is 1. The predicted molar refractivity (Wildman–Crippen MR) is 114 cm³/mol. The van der Waals surface area contributed by atoms with Gasteiger partial charge in [0.15, 0.2) is 0 Å². The number of amides is 1. The van der Waals surface area contributed by atoms with Gasteiger partial charge in [0.25, 0.3) is 11.5 Å². The first kappa shape index (κ1) is 20.3. The van der Waals surface area contributed by atoms with Gasteiger partial charge in [-0.15, -0.1) is 0 Å². The Hall–Kier alpha value is -3.41. The first-order valence-corrected chi connectivity index (χ1v) is 9.80. The second-order valence-corrected chi connectivity index (χ2v) is 6.55. The molecule has 0 atom stereocenters. The van der Waals surface area contributed by atoms with Crippen LogP contribution in [0, 0.1) is 0 Å². The monoisotopic (exact) mass is 391 g/mol. The van der Waals surface area contributed by atoms with Crippen molar-refractivity contribution in [2.75, 3.05) is 11.9 Å². The third-order valence-electron chi connectivity index (χ3n) is 4.65. The van der Waals surface area contributed by atoms with Crippen LogP contribution in [0.1, 0.15) is 35.5 Å². The van der Waals surface area contributed by atoms with Crippen molar-refractivity contribution in [3.63, 3.8) is 0 Å². The van der Waals surface area contributed by atoms with E-state index in [2.05, 4.69) is 24.3 Å². The Kier molecular flexibility index (Phi) is 6.79. The molecule has 0 aliphatic carbocycles. The van der Waals surface area contributed by atoms with E-state index >= 15 is 0 Å². The van der Waals surface area contributed by atoms with Crippen molar-refractivity contribution < 1.29 is 9.53 Å². The number of rotatable bonds is 8. The summed E-state index contributed by atoms with van der Waals surface area (Å²) in [5.74, 6) is 0.385. The summed E-state index contributed by atoms with van der Waals surface area (Å²) >= 11 is 0. The minimum absolute atomic E-state index is 0.192. The number of anilines is 1. The zero-order valence-electron chi connectivity index (χ0n) is 16.7. The van der Waals surface area contributed by atoms with Crippen molar-refractivity contribution >= 4 is 11.6 Å². The van der Waals surface area contributed by atoms with Gasteiger partial charge in [-0.2, -0.15) is 5.10 Å². The lowest BCUT2D eigenvalue weighted by atomic mass is 10.0. The topological polar surface area (TPSA) is 73.2 Å². The van der Waals surface area contributed by atoms with Crippen LogP contribution in [-0.4, -0.2) is 22.3 Å². The van der Waals surface area contributed by atoms with E-state index in [0.717, 1.165) is 35.4 Å². The molecule has 6 heteroatoms. The van der Waals surface area contributed by atoms with Crippen LogP contribution in [0.25, 0.3) is 0 Å². The molecule has 0 saturated heterocycles. The fourth-order valence-electron chi connectivity index (χ4n) is 3.08. The zero-order valence-corrected chi connectivity index (χ0v) is 16.7. The van der Waals surface area contributed by atoms with Gasteiger partial charge in [0.1, 0.15) is 18.1 Å². The van der Waals surface area contributed by atoms with Gasteiger partial charge < -0.3 is 10.1 Å². The summed E-state index contributed by atoms with van der Waals surface area (Å²) in [6, 6.07) is 18.2. The SMILES string of the molecule is CCc1cccc(CC)c1NC(=O)c1ccc(=O)n(CCOc2ccccc2)n1. The lowest BCUT2D eigenvalue weighted by Gasteiger charge is -2.14. The molecule has 0 aliphatic heterocycles. The number of para-hydroxylation sites is 2. The third kappa shape index (κ3) is 5.10. The first-order valence-electron chi connectivity index (χ1n) is 9.80. The largest absolute Gasteiger partial charge is 0.492 e. The van der Waals surface area contributed by atoms with E-state index in [1.54, 1.807) is 0 Å². The highest BCUT2D eigenvalue weighted by Gasteiger charge is 2.14. The Morgan fingerprint density at radius 1 is 0.966 bits per heavy atom. The van der Waals surface area contributed by atoms with Crippen molar-refractivity contribution in [3.05, 3.63) is 87.8 Å². The molecule has 0 spiro atoms. The second kappa shape index (κ2) is 9.68. The van der Waals surface area contributed by atoms with Crippen LogP contribution in [0.15, 0.2) is 65.5 Å². The number of hydrogen-bond donors (Lipinski definition) is 1. The number of carbonyl (C=O) groups excluding carboxylic acids is 1. The van der Waals surface area contributed by atoms with Crippen LogP contribution in [0.5, 0.6) is 5.75 Å². The summed E-state index contributed by atoms with van der Waals surface area (Å²) < 4.78 is 6.88. The highest BCUT2D eigenvalue weighted by atomic mass is 16.5. The molecule has 1 N–H and O–H groups in total. The van der Waals surface area contributed by atoms with Crippen molar-refractivity contribution in [1.29, 1.82) is 0 Å². The van der Waals surface area contributed by atoms with Gasteiger partial charge in [-0.05, 0) is 42.2 Å². The molecule has 1 heterocycles. The number of nitrogens with one attached hydrogen (secondary N) is 1. The van der Waals surface area contributed by atoms with Gasteiger partial charge in [-0.1, -0.05) is 50.2 Å². The summed E-state index contributed by atoms with van der Waals surface area (Å²) in [6.45, 7) is 4.63. The van der Waals surface area contributed by atoms with E-state index in [4.69, 9.17) is 4.74 Å². The molecule has 6 nitrogen and oxygen atoms in total.